The maximum Gasteiger partial charge on any atom is 0.471 e. The Hall–Kier alpha value is -1.56. The van der Waals surface area contributed by atoms with Gasteiger partial charge >= 0.3 is 12.1 Å². The Labute approximate surface area is 97.0 Å². The van der Waals surface area contributed by atoms with Gasteiger partial charge in [-0.05, 0) is 18.2 Å². The van der Waals surface area contributed by atoms with Gasteiger partial charge in [0.1, 0.15) is 0 Å². The van der Waals surface area contributed by atoms with Crippen LogP contribution in [-0.2, 0) is 11.3 Å². The Morgan fingerprint density at radius 1 is 1.29 bits per heavy atom. The van der Waals surface area contributed by atoms with Crippen molar-refractivity contribution in [2.45, 2.75) is 19.6 Å². The summed E-state index contributed by atoms with van der Waals surface area (Å²) < 4.78 is 36.3. The topological polar surface area (TPSA) is 41.1 Å². The van der Waals surface area contributed by atoms with Gasteiger partial charge < -0.3 is 10.6 Å². The lowest BCUT2D eigenvalue weighted by atomic mass is 10.1. The first kappa shape index (κ1) is 13.5. The molecule has 1 rings (SSSR count). The number of carbonyl (C=O) groups excluding carboxylic acids is 1. The number of halogens is 3. The van der Waals surface area contributed by atoms with E-state index in [4.69, 9.17) is 0 Å². The third-order valence-electron chi connectivity index (χ3n) is 2.09. The molecule has 0 heterocycles. The summed E-state index contributed by atoms with van der Waals surface area (Å²) in [6, 6.07) is 6.38. The molecule has 2 N–H and O–H groups in total. The van der Waals surface area contributed by atoms with Crippen molar-refractivity contribution in [1.29, 1.82) is 0 Å². The molecule has 1 aromatic rings. The number of carbonyl (C=O) groups is 1. The number of amides is 1. The first-order valence-electron chi connectivity index (χ1n) is 5.12. The molecule has 94 valence electrons. The first-order valence-corrected chi connectivity index (χ1v) is 5.12. The number of para-hydroxylation sites is 1. The quantitative estimate of drug-likeness (QED) is 0.855. The van der Waals surface area contributed by atoms with Crippen molar-refractivity contribution in [3.63, 3.8) is 0 Å². The zero-order chi connectivity index (χ0) is 12.9. The summed E-state index contributed by atoms with van der Waals surface area (Å²) in [7, 11) is 0. The summed E-state index contributed by atoms with van der Waals surface area (Å²) in [6.45, 7) is 2.99. The Morgan fingerprint density at radius 2 is 1.94 bits per heavy atom. The number of nitrogens with one attached hydrogen (secondary N) is 2. The van der Waals surface area contributed by atoms with Gasteiger partial charge in [-0.15, -0.1) is 0 Å². The molecule has 0 aliphatic heterocycles. The molecule has 1 amide bonds. The van der Waals surface area contributed by atoms with Crippen molar-refractivity contribution in [1.82, 2.24) is 5.32 Å². The van der Waals surface area contributed by atoms with Gasteiger partial charge in [-0.1, -0.05) is 25.1 Å². The highest BCUT2D eigenvalue weighted by atomic mass is 19.4. The van der Waals surface area contributed by atoms with Gasteiger partial charge in [-0.3, -0.25) is 4.79 Å². The fourth-order valence-electron chi connectivity index (χ4n) is 1.25. The van der Waals surface area contributed by atoms with E-state index in [0.717, 1.165) is 0 Å². The summed E-state index contributed by atoms with van der Waals surface area (Å²) in [5, 5.41) is 4.84. The minimum absolute atomic E-state index is 0.177. The largest absolute Gasteiger partial charge is 0.471 e. The summed E-state index contributed by atoms with van der Waals surface area (Å²) in [5.41, 5.74) is 0.794. The Kier molecular flexibility index (Phi) is 4.51. The van der Waals surface area contributed by atoms with E-state index in [1.54, 1.807) is 18.2 Å². The lowest BCUT2D eigenvalue weighted by Crippen LogP contribution is -2.30. The molecule has 0 fully saturated rings. The maximum absolute atomic E-state index is 12.1. The van der Waals surface area contributed by atoms with E-state index in [9.17, 15) is 18.0 Å². The molecule has 0 saturated carbocycles. The lowest BCUT2D eigenvalue weighted by Gasteiger charge is -2.12. The van der Waals surface area contributed by atoms with Crippen LogP contribution >= 0.6 is 0 Å². The van der Waals surface area contributed by atoms with Gasteiger partial charge in [0, 0.05) is 12.2 Å². The molecule has 0 aliphatic carbocycles. The minimum atomic E-state index is -4.87. The lowest BCUT2D eigenvalue weighted by molar-refractivity contribution is -0.167. The molecule has 0 bridgehead atoms. The number of rotatable bonds is 4. The van der Waals surface area contributed by atoms with Gasteiger partial charge in [0.25, 0.3) is 0 Å². The van der Waals surface area contributed by atoms with Gasteiger partial charge in [-0.25, -0.2) is 0 Å². The van der Waals surface area contributed by atoms with Crippen molar-refractivity contribution in [3.8, 4) is 0 Å². The summed E-state index contributed by atoms with van der Waals surface area (Å²) in [5.74, 6) is -1.96. The van der Waals surface area contributed by atoms with Crippen LogP contribution in [0.3, 0.4) is 0 Å². The number of hydrogen-bond acceptors (Lipinski definition) is 2. The van der Waals surface area contributed by atoms with Crippen LogP contribution in [0.25, 0.3) is 0 Å². The van der Waals surface area contributed by atoms with Crippen LogP contribution in [0.1, 0.15) is 12.5 Å². The molecule has 6 heteroatoms. The SMILES string of the molecule is CCNCc1ccccc1NC(=O)C(F)(F)F. The molecular formula is C11H13F3N2O. The zero-order valence-corrected chi connectivity index (χ0v) is 9.27. The van der Waals surface area contributed by atoms with Crippen LogP contribution in [-0.4, -0.2) is 18.6 Å². The predicted octanol–water partition coefficient (Wildman–Crippen LogP) is 2.30. The Bertz CT molecular complexity index is 391. The Morgan fingerprint density at radius 3 is 2.53 bits per heavy atom. The van der Waals surface area contributed by atoms with Crippen LogP contribution < -0.4 is 10.6 Å². The van der Waals surface area contributed by atoms with Crippen molar-refractivity contribution in [2.24, 2.45) is 0 Å². The molecule has 0 aliphatic rings. The van der Waals surface area contributed by atoms with Crippen LogP contribution in [0, 0.1) is 0 Å². The van der Waals surface area contributed by atoms with E-state index in [1.165, 1.54) is 6.07 Å². The second-order valence-electron chi connectivity index (χ2n) is 3.39. The highest BCUT2D eigenvalue weighted by Crippen LogP contribution is 2.20. The van der Waals surface area contributed by atoms with Crippen molar-refractivity contribution >= 4 is 11.6 Å². The van der Waals surface area contributed by atoms with Crippen molar-refractivity contribution in [3.05, 3.63) is 29.8 Å². The van der Waals surface area contributed by atoms with Crippen LogP contribution in [0.15, 0.2) is 24.3 Å². The Balaban J connectivity index is 2.80. The molecule has 0 spiro atoms. The number of hydrogen-bond donors (Lipinski definition) is 2. The molecule has 0 atom stereocenters. The van der Waals surface area contributed by atoms with Gasteiger partial charge in [0.05, 0.1) is 0 Å². The highest BCUT2D eigenvalue weighted by molar-refractivity contribution is 5.95. The highest BCUT2D eigenvalue weighted by Gasteiger charge is 2.38. The van der Waals surface area contributed by atoms with Crippen molar-refractivity contribution < 1.29 is 18.0 Å². The summed E-state index contributed by atoms with van der Waals surface area (Å²) in [6.07, 6.45) is -4.87. The van der Waals surface area contributed by atoms with E-state index < -0.39 is 12.1 Å². The van der Waals surface area contributed by atoms with E-state index in [-0.39, 0.29) is 5.69 Å². The smallest absolute Gasteiger partial charge is 0.318 e. The standard InChI is InChI=1S/C11H13F3N2O/c1-2-15-7-8-5-3-4-6-9(8)16-10(17)11(12,13)14/h3-6,15H,2,7H2,1H3,(H,16,17). The fraction of sp³-hybridized carbons (Fsp3) is 0.364. The third kappa shape index (κ3) is 4.07. The normalized spacial score (nSPS) is 11.3. The van der Waals surface area contributed by atoms with E-state index in [0.29, 0.717) is 18.7 Å². The third-order valence-corrected chi connectivity index (χ3v) is 2.09. The molecule has 17 heavy (non-hydrogen) atoms. The molecule has 0 radical (unpaired) electrons. The first-order chi connectivity index (χ1) is 7.95. The van der Waals surface area contributed by atoms with Crippen LogP contribution in [0.4, 0.5) is 18.9 Å². The second-order valence-corrected chi connectivity index (χ2v) is 3.39. The molecule has 0 unspecified atom stereocenters. The zero-order valence-electron chi connectivity index (χ0n) is 9.27. The maximum atomic E-state index is 12.1. The minimum Gasteiger partial charge on any atom is -0.318 e. The summed E-state index contributed by atoms with van der Waals surface area (Å²) in [4.78, 5) is 10.8. The molecule has 1 aromatic carbocycles. The number of anilines is 1. The van der Waals surface area contributed by atoms with Gasteiger partial charge in [0.15, 0.2) is 0 Å². The predicted molar refractivity (Wildman–Crippen MR) is 58.5 cm³/mol. The van der Waals surface area contributed by atoms with Gasteiger partial charge in [-0.2, -0.15) is 13.2 Å². The van der Waals surface area contributed by atoms with Crippen molar-refractivity contribution in [2.75, 3.05) is 11.9 Å². The summed E-state index contributed by atoms with van der Waals surface area (Å²) >= 11 is 0. The van der Waals surface area contributed by atoms with Gasteiger partial charge in [0.2, 0.25) is 0 Å². The average molecular weight is 246 g/mol. The van der Waals surface area contributed by atoms with Crippen LogP contribution in [0.5, 0.6) is 0 Å². The monoisotopic (exact) mass is 246 g/mol. The molecule has 3 nitrogen and oxygen atoms in total. The van der Waals surface area contributed by atoms with E-state index in [2.05, 4.69) is 5.32 Å². The molecular weight excluding hydrogens is 233 g/mol. The average Bonchev–Trinajstić information content (AvgIpc) is 2.26. The van der Waals surface area contributed by atoms with E-state index >= 15 is 0 Å². The molecule has 0 aromatic heterocycles. The fourth-order valence-corrected chi connectivity index (χ4v) is 1.25. The van der Waals surface area contributed by atoms with Crippen LogP contribution in [0.2, 0.25) is 0 Å². The molecule has 0 saturated heterocycles. The van der Waals surface area contributed by atoms with E-state index in [1.807, 2.05) is 12.2 Å². The number of benzene rings is 1. The number of alkyl halides is 3. The second kappa shape index (κ2) is 5.67.